The van der Waals surface area contributed by atoms with Crippen LogP contribution in [0.2, 0.25) is 0 Å². The van der Waals surface area contributed by atoms with Gasteiger partial charge in [-0.2, -0.15) is 8.78 Å². The summed E-state index contributed by atoms with van der Waals surface area (Å²) in [7, 11) is -3.32. The average Bonchev–Trinajstić information content (AvgIpc) is 3.17. The number of aromatic nitrogens is 2. The van der Waals surface area contributed by atoms with Crippen LogP contribution in [0.5, 0.6) is 0 Å². The molecule has 6 nitrogen and oxygen atoms in total. The Morgan fingerprint density at radius 3 is 2.22 bits per heavy atom. The smallest absolute Gasteiger partial charge is 0.317 e. The molecule has 1 N–H and O–H groups in total. The van der Waals surface area contributed by atoms with Gasteiger partial charge in [-0.25, -0.2) is 8.42 Å². The van der Waals surface area contributed by atoms with Gasteiger partial charge in [0, 0.05) is 35.8 Å². The standard InChI is InChI=1S/C23H20F2N2O4S/c1-22(2,28)23(24,25)20-12-15(8-10-27-20)17-9-11-26-18-13-19(31-21(17)18)14-4-6-16(7-5-14)32(3,29)30/h4-13,28H,1-3H3. The summed E-state index contributed by atoms with van der Waals surface area (Å²) in [6.45, 7) is 2.06. The van der Waals surface area contributed by atoms with Crippen LogP contribution in [0.3, 0.4) is 0 Å². The molecule has 0 saturated carbocycles. The molecule has 1 aromatic carbocycles. The Hall–Kier alpha value is -3.17. The van der Waals surface area contributed by atoms with Crippen LogP contribution < -0.4 is 0 Å². The second kappa shape index (κ2) is 7.46. The average molecular weight is 458 g/mol. The van der Waals surface area contributed by atoms with Gasteiger partial charge in [0.05, 0.1) is 4.90 Å². The maximum atomic E-state index is 14.6. The van der Waals surface area contributed by atoms with E-state index in [-0.39, 0.29) is 4.90 Å². The van der Waals surface area contributed by atoms with Gasteiger partial charge in [0.25, 0.3) is 0 Å². The van der Waals surface area contributed by atoms with Gasteiger partial charge in [-0.3, -0.25) is 9.97 Å². The molecule has 32 heavy (non-hydrogen) atoms. The summed E-state index contributed by atoms with van der Waals surface area (Å²) in [5, 5.41) is 9.88. The Bertz CT molecular complexity index is 1410. The van der Waals surface area contributed by atoms with Crippen LogP contribution in [0.1, 0.15) is 19.5 Å². The lowest BCUT2D eigenvalue weighted by molar-refractivity contribution is -0.171. The van der Waals surface area contributed by atoms with Crippen molar-refractivity contribution in [3.63, 3.8) is 0 Å². The lowest BCUT2D eigenvalue weighted by Gasteiger charge is -2.28. The van der Waals surface area contributed by atoms with E-state index in [0.29, 0.717) is 33.6 Å². The fourth-order valence-electron chi connectivity index (χ4n) is 3.26. The molecular weight excluding hydrogens is 438 g/mol. The minimum Gasteiger partial charge on any atom is -0.454 e. The molecule has 0 aliphatic heterocycles. The summed E-state index contributed by atoms with van der Waals surface area (Å²) >= 11 is 0. The third-order valence-electron chi connectivity index (χ3n) is 5.14. The molecule has 3 heterocycles. The van der Waals surface area contributed by atoms with Crippen molar-refractivity contribution >= 4 is 20.9 Å². The molecule has 0 amide bonds. The first-order chi connectivity index (χ1) is 14.9. The fourth-order valence-corrected chi connectivity index (χ4v) is 3.89. The number of fused-ring (bicyclic) bond motifs is 1. The predicted molar refractivity (Wildman–Crippen MR) is 116 cm³/mol. The van der Waals surface area contributed by atoms with Crippen LogP contribution in [-0.4, -0.2) is 35.3 Å². The number of nitrogens with zero attached hydrogens (tertiary/aromatic N) is 2. The van der Waals surface area contributed by atoms with E-state index in [9.17, 15) is 22.3 Å². The van der Waals surface area contributed by atoms with Crippen LogP contribution in [0, 0.1) is 0 Å². The number of rotatable bonds is 5. The molecule has 0 atom stereocenters. The van der Waals surface area contributed by atoms with Gasteiger partial charge in [0.2, 0.25) is 0 Å². The summed E-state index contributed by atoms with van der Waals surface area (Å²) in [5.41, 5.74) is -0.345. The molecule has 3 aromatic heterocycles. The first kappa shape index (κ1) is 22.0. The van der Waals surface area contributed by atoms with Crippen molar-refractivity contribution in [3.8, 4) is 22.5 Å². The molecule has 0 saturated heterocycles. The number of halogens is 2. The van der Waals surface area contributed by atoms with Gasteiger partial charge in [-0.15, -0.1) is 0 Å². The van der Waals surface area contributed by atoms with E-state index >= 15 is 0 Å². The van der Waals surface area contributed by atoms with Crippen molar-refractivity contribution in [1.29, 1.82) is 0 Å². The first-order valence-corrected chi connectivity index (χ1v) is 11.5. The molecule has 4 rings (SSSR count). The number of furan rings is 1. The Morgan fingerprint density at radius 2 is 1.59 bits per heavy atom. The summed E-state index contributed by atoms with van der Waals surface area (Å²) in [6, 6.07) is 12.4. The number of hydrogen-bond donors (Lipinski definition) is 1. The highest BCUT2D eigenvalue weighted by Gasteiger charge is 2.48. The number of hydrogen-bond acceptors (Lipinski definition) is 6. The normalized spacial score (nSPS) is 12.9. The van der Waals surface area contributed by atoms with Crippen LogP contribution in [0.15, 0.2) is 70.2 Å². The van der Waals surface area contributed by atoms with Crippen molar-refractivity contribution in [2.24, 2.45) is 0 Å². The van der Waals surface area contributed by atoms with Crippen LogP contribution in [0.25, 0.3) is 33.6 Å². The largest absolute Gasteiger partial charge is 0.454 e. The zero-order chi connectivity index (χ0) is 23.3. The third-order valence-corrected chi connectivity index (χ3v) is 6.27. The summed E-state index contributed by atoms with van der Waals surface area (Å²) in [4.78, 5) is 8.23. The summed E-state index contributed by atoms with van der Waals surface area (Å²) in [5.74, 6) is -3.11. The van der Waals surface area contributed by atoms with Crippen LogP contribution >= 0.6 is 0 Å². The topological polar surface area (TPSA) is 93.3 Å². The number of alkyl halides is 2. The molecule has 9 heteroatoms. The van der Waals surface area contributed by atoms with Crippen molar-refractivity contribution in [1.82, 2.24) is 9.97 Å². The molecule has 0 radical (unpaired) electrons. The molecule has 4 aromatic rings. The first-order valence-electron chi connectivity index (χ1n) is 9.64. The van der Waals surface area contributed by atoms with Gasteiger partial charge in [0.15, 0.2) is 15.4 Å². The summed E-state index contributed by atoms with van der Waals surface area (Å²) in [6.07, 6.45) is 3.92. The molecule has 0 fully saturated rings. The third kappa shape index (κ3) is 3.89. The maximum absolute atomic E-state index is 14.6. The molecule has 0 bridgehead atoms. The summed E-state index contributed by atoms with van der Waals surface area (Å²) < 4.78 is 58.6. The fraction of sp³-hybridized carbons (Fsp3) is 0.217. The van der Waals surface area contributed by atoms with E-state index < -0.39 is 27.1 Å². The molecule has 0 unspecified atom stereocenters. The highest BCUT2D eigenvalue weighted by Crippen LogP contribution is 2.40. The van der Waals surface area contributed by atoms with Crippen molar-refractivity contribution in [2.75, 3.05) is 6.26 Å². The van der Waals surface area contributed by atoms with Crippen LogP contribution in [0.4, 0.5) is 8.78 Å². The van der Waals surface area contributed by atoms with Crippen molar-refractivity contribution in [3.05, 3.63) is 66.6 Å². The highest BCUT2D eigenvalue weighted by molar-refractivity contribution is 7.90. The zero-order valence-corrected chi connectivity index (χ0v) is 18.3. The van der Waals surface area contributed by atoms with Gasteiger partial charge >= 0.3 is 5.92 Å². The van der Waals surface area contributed by atoms with E-state index in [1.807, 2.05) is 0 Å². The van der Waals surface area contributed by atoms with E-state index in [4.69, 9.17) is 4.42 Å². The van der Waals surface area contributed by atoms with Gasteiger partial charge in [0.1, 0.15) is 22.6 Å². The second-order valence-corrected chi connectivity index (χ2v) is 10.1. The molecule has 0 aliphatic rings. The highest BCUT2D eigenvalue weighted by atomic mass is 32.2. The quantitative estimate of drug-likeness (QED) is 0.461. The van der Waals surface area contributed by atoms with E-state index in [2.05, 4.69) is 9.97 Å². The Balaban J connectivity index is 1.80. The monoisotopic (exact) mass is 458 g/mol. The van der Waals surface area contributed by atoms with Gasteiger partial charge in [-0.1, -0.05) is 0 Å². The van der Waals surface area contributed by atoms with Gasteiger partial charge in [-0.05, 0) is 61.9 Å². The predicted octanol–water partition coefficient (Wildman–Crippen LogP) is 4.82. The zero-order valence-electron chi connectivity index (χ0n) is 17.5. The number of benzene rings is 1. The van der Waals surface area contributed by atoms with Crippen molar-refractivity contribution < 1.29 is 26.7 Å². The minimum absolute atomic E-state index is 0.188. The molecule has 166 valence electrons. The molecule has 0 spiro atoms. The van der Waals surface area contributed by atoms with Gasteiger partial charge < -0.3 is 9.52 Å². The number of pyridine rings is 2. The van der Waals surface area contributed by atoms with Crippen LogP contribution in [-0.2, 0) is 15.8 Å². The number of sulfone groups is 1. The lowest BCUT2D eigenvalue weighted by Crippen LogP contribution is -2.40. The Morgan fingerprint density at radius 1 is 0.938 bits per heavy atom. The van der Waals surface area contributed by atoms with E-state index in [0.717, 1.165) is 20.1 Å². The Labute approximate surface area is 183 Å². The Kier molecular flexibility index (Phi) is 5.14. The second-order valence-electron chi connectivity index (χ2n) is 8.04. The van der Waals surface area contributed by atoms with Crippen molar-refractivity contribution in [2.45, 2.75) is 30.3 Å². The number of aliphatic hydroxyl groups is 1. The lowest BCUT2D eigenvalue weighted by atomic mass is 9.95. The maximum Gasteiger partial charge on any atom is 0.317 e. The van der Waals surface area contributed by atoms with E-state index in [1.165, 1.54) is 30.6 Å². The SMILES string of the molecule is CC(C)(O)C(F)(F)c1cc(-c2ccnc3cc(-c4ccc(S(C)(=O)=O)cc4)oc23)ccn1. The minimum atomic E-state index is -3.56. The molecular formula is C23H20F2N2O4S. The van der Waals surface area contributed by atoms with E-state index in [1.54, 1.807) is 30.3 Å². The molecule has 0 aliphatic carbocycles.